The smallest absolute Gasteiger partial charge is 0.130 e. The van der Waals surface area contributed by atoms with Crippen molar-refractivity contribution in [1.29, 1.82) is 0 Å². The Morgan fingerprint density at radius 3 is 2.12 bits per heavy atom. The fourth-order valence-corrected chi connectivity index (χ4v) is 3.20. The molecule has 5 heteroatoms. The van der Waals surface area contributed by atoms with Crippen molar-refractivity contribution in [3.05, 3.63) is 16.4 Å². The fraction of sp³-hybridized carbons (Fsp3) is 0.750. The molecule has 0 saturated heterocycles. The van der Waals surface area contributed by atoms with Crippen molar-refractivity contribution in [3.8, 4) is 0 Å². The summed E-state index contributed by atoms with van der Waals surface area (Å²) in [6, 6.07) is 0. The third kappa shape index (κ3) is 2.91. The van der Waals surface area contributed by atoms with Crippen molar-refractivity contribution >= 4 is 34.8 Å². The standard InChI is InChI=1S/C12H19Cl3N2/c1-8(2)12(6-13,7-14)5-10-9(3)16-17(4)11(10)15/h8H,5-7H2,1-4H3. The minimum Gasteiger partial charge on any atom is -0.257 e. The first kappa shape index (κ1) is 15.1. The van der Waals surface area contributed by atoms with Crippen LogP contribution in [0.2, 0.25) is 5.15 Å². The Morgan fingerprint density at radius 2 is 1.82 bits per heavy atom. The van der Waals surface area contributed by atoms with E-state index in [9.17, 15) is 0 Å². The van der Waals surface area contributed by atoms with Gasteiger partial charge < -0.3 is 0 Å². The number of aromatic nitrogens is 2. The molecular weight excluding hydrogens is 279 g/mol. The summed E-state index contributed by atoms with van der Waals surface area (Å²) in [6.07, 6.45) is 0.774. The molecule has 0 aromatic carbocycles. The summed E-state index contributed by atoms with van der Waals surface area (Å²) < 4.78 is 1.69. The average molecular weight is 298 g/mol. The zero-order valence-electron chi connectivity index (χ0n) is 10.7. The highest BCUT2D eigenvalue weighted by atomic mass is 35.5. The molecule has 1 aromatic heterocycles. The van der Waals surface area contributed by atoms with Gasteiger partial charge in [0, 0.05) is 29.8 Å². The lowest BCUT2D eigenvalue weighted by Crippen LogP contribution is -2.34. The highest BCUT2D eigenvalue weighted by Gasteiger charge is 2.34. The Morgan fingerprint density at radius 1 is 1.29 bits per heavy atom. The van der Waals surface area contributed by atoms with Gasteiger partial charge >= 0.3 is 0 Å². The molecule has 0 amide bonds. The summed E-state index contributed by atoms with van der Waals surface area (Å²) in [5, 5.41) is 5.00. The van der Waals surface area contributed by atoms with Crippen molar-refractivity contribution in [2.45, 2.75) is 27.2 Å². The van der Waals surface area contributed by atoms with Gasteiger partial charge in [0.2, 0.25) is 0 Å². The van der Waals surface area contributed by atoms with Crippen LogP contribution in [0.3, 0.4) is 0 Å². The molecule has 0 aliphatic heterocycles. The van der Waals surface area contributed by atoms with Gasteiger partial charge in [-0.1, -0.05) is 25.4 Å². The fourth-order valence-electron chi connectivity index (χ4n) is 1.87. The molecule has 1 heterocycles. The number of hydrogen-bond acceptors (Lipinski definition) is 1. The molecule has 0 saturated carbocycles. The van der Waals surface area contributed by atoms with Crippen LogP contribution >= 0.6 is 34.8 Å². The average Bonchev–Trinajstić information content (AvgIpc) is 2.51. The summed E-state index contributed by atoms with van der Waals surface area (Å²) >= 11 is 18.5. The van der Waals surface area contributed by atoms with E-state index in [1.165, 1.54) is 0 Å². The van der Waals surface area contributed by atoms with Crippen LogP contribution in [0.5, 0.6) is 0 Å². The molecule has 0 aliphatic rings. The zero-order chi connectivity index (χ0) is 13.2. The lowest BCUT2D eigenvalue weighted by atomic mass is 9.76. The lowest BCUT2D eigenvalue weighted by Gasteiger charge is -2.34. The maximum absolute atomic E-state index is 6.25. The molecule has 0 spiro atoms. The second-order valence-electron chi connectivity index (χ2n) is 4.94. The number of alkyl halides is 2. The highest BCUT2D eigenvalue weighted by molar-refractivity contribution is 6.30. The second-order valence-corrected chi connectivity index (χ2v) is 5.83. The van der Waals surface area contributed by atoms with E-state index in [0.29, 0.717) is 22.8 Å². The molecule has 1 aromatic rings. The van der Waals surface area contributed by atoms with E-state index >= 15 is 0 Å². The van der Waals surface area contributed by atoms with Crippen LogP contribution in [-0.4, -0.2) is 21.5 Å². The predicted molar refractivity (Wildman–Crippen MR) is 75.4 cm³/mol. The summed E-state index contributed by atoms with van der Waals surface area (Å²) in [5.74, 6) is 1.45. The maximum Gasteiger partial charge on any atom is 0.130 e. The molecule has 0 unspecified atom stereocenters. The SMILES string of the molecule is Cc1nn(C)c(Cl)c1CC(CCl)(CCl)C(C)C. The van der Waals surface area contributed by atoms with Crippen LogP contribution in [0, 0.1) is 18.3 Å². The molecule has 0 fully saturated rings. The van der Waals surface area contributed by atoms with Crippen LogP contribution in [0.1, 0.15) is 25.1 Å². The first-order valence-corrected chi connectivity index (χ1v) is 7.12. The van der Waals surface area contributed by atoms with Crippen LogP contribution in [0.4, 0.5) is 0 Å². The van der Waals surface area contributed by atoms with Crippen LogP contribution in [-0.2, 0) is 13.5 Å². The van der Waals surface area contributed by atoms with Gasteiger partial charge in [-0.3, -0.25) is 4.68 Å². The van der Waals surface area contributed by atoms with E-state index in [2.05, 4.69) is 18.9 Å². The van der Waals surface area contributed by atoms with Gasteiger partial charge in [-0.15, -0.1) is 23.2 Å². The largest absolute Gasteiger partial charge is 0.257 e. The summed E-state index contributed by atoms with van der Waals surface area (Å²) in [4.78, 5) is 0. The van der Waals surface area contributed by atoms with Gasteiger partial charge in [-0.05, 0) is 19.3 Å². The number of rotatable bonds is 5. The predicted octanol–water partition coefficient (Wildman–Crippen LogP) is 4.04. The Bertz CT molecular complexity index is 381. The van der Waals surface area contributed by atoms with Crippen LogP contribution in [0.15, 0.2) is 0 Å². The van der Waals surface area contributed by atoms with Gasteiger partial charge in [-0.25, -0.2) is 0 Å². The first-order valence-electron chi connectivity index (χ1n) is 5.68. The van der Waals surface area contributed by atoms with E-state index < -0.39 is 0 Å². The Labute approximate surface area is 118 Å². The molecule has 0 aliphatic carbocycles. The monoisotopic (exact) mass is 296 g/mol. The molecule has 0 N–H and O–H groups in total. The summed E-state index contributed by atoms with van der Waals surface area (Å²) in [6.45, 7) is 6.25. The summed E-state index contributed by atoms with van der Waals surface area (Å²) in [7, 11) is 1.84. The molecular formula is C12H19Cl3N2. The van der Waals surface area contributed by atoms with E-state index in [1.54, 1.807) is 4.68 Å². The minimum atomic E-state index is -0.124. The number of nitrogens with zero attached hydrogens (tertiary/aromatic N) is 2. The first-order chi connectivity index (χ1) is 7.88. The van der Waals surface area contributed by atoms with Crippen molar-refractivity contribution < 1.29 is 0 Å². The Kier molecular flexibility index (Phi) is 5.18. The van der Waals surface area contributed by atoms with Gasteiger partial charge in [0.05, 0.1) is 5.69 Å². The maximum atomic E-state index is 6.25. The van der Waals surface area contributed by atoms with E-state index in [0.717, 1.165) is 17.7 Å². The Hall–Kier alpha value is 0.0800. The number of hydrogen-bond donors (Lipinski definition) is 0. The molecule has 0 bridgehead atoms. The summed E-state index contributed by atoms with van der Waals surface area (Å²) in [5.41, 5.74) is 1.89. The van der Waals surface area contributed by atoms with Gasteiger partial charge in [0.15, 0.2) is 0 Å². The lowest BCUT2D eigenvalue weighted by molar-refractivity contribution is 0.258. The van der Waals surface area contributed by atoms with Crippen LogP contribution < -0.4 is 0 Å². The van der Waals surface area contributed by atoms with Gasteiger partial charge in [-0.2, -0.15) is 5.10 Å². The number of halogens is 3. The van der Waals surface area contributed by atoms with E-state index in [4.69, 9.17) is 34.8 Å². The molecule has 1 rings (SSSR count). The molecule has 98 valence electrons. The highest BCUT2D eigenvalue weighted by Crippen LogP contribution is 2.37. The van der Waals surface area contributed by atoms with E-state index in [-0.39, 0.29) is 5.41 Å². The van der Waals surface area contributed by atoms with Crippen molar-refractivity contribution in [2.75, 3.05) is 11.8 Å². The van der Waals surface area contributed by atoms with E-state index in [1.807, 2.05) is 14.0 Å². The van der Waals surface area contributed by atoms with Crippen molar-refractivity contribution in [3.63, 3.8) is 0 Å². The van der Waals surface area contributed by atoms with Crippen LogP contribution in [0.25, 0.3) is 0 Å². The number of aryl methyl sites for hydroxylation is 2. The molecule has 17 heavy (non-hydrogen) atoms. The minimum absolute atomic E-state index is 0.124. The third-order valence-electron chi connectivity index (χ3n) is 3.56. The quantitative estimate of drug-likeness (QED) is 0.750. The normalized spacial score (nSPS) is 12.5. The topological polar surface area (TPSA) is 17.8 Å². The van der Waals surface area contributed by atoms with Crippen molar-refractivity contribution in [2.24, 2.45) is 18.4 Å². The Balaban J connectivity index is 3.10. The third-order valence-corrected chi connectivity index (χ3v) is 5.09. The zero-order valence-corrected chi connectivity index (χ0v) is 13.0. The van der Waals surface area contributed by atoms with Gasteiger partial charge in [0.1, 0.15) is 5.15 Å². The molecule has 2 nitrogen and oxygen atoms in total. The second kappa shape index (κ2) is 5.81. The van der Waals surface area contributed by atoms with Crippen molar-refractivity contribution in [1.82, 2.24) is 9.78 Å². The molecule has 0 atom stereocenters. The van der Waals surface area contributed by atoms with Gasteiger partial charge in [0.25, 0.3) is 0 Å². The molecule has 0 radical (unpaired) electrons.